The number of nitrogens with one attached hydrogen (secondary N) is 2. The number of hydrogen-bond donors (Lipinski definition) is 2. The first-order valence-electron chi connectivity index (χ1n) is 8.03. The lowest BCUT2D eigenvalue weighted by Crippen LogP contribution is -2.50. The minimum Gasteiger partial charge on any atom is -0.340 e. The summed E-state index contributed by atoms with van der Waals surface area (Å²) in [6.45, 7) is 0.0222. The van der Waals surface area contributed by atoms with Gasteiger partial charge in [-0.05, 0) is 37.1 Å². The molecule has 0 radical (unpaired) electrons. The lowest BCUT2D eigenvalue weighted by molar-refractivity contribution is -0.143. The normalized spacial score (nSPS) is 16.9. The molecule has 1 aliphatic heterocycles. The van der Waals surface area contributed by atoms with Crippen molar-refractivity contribution < 1.29 is 35.9 Å². The lowest BCUT2D eigenvalue weighted by atomic mass is 10.0. The number of hydrogen-bond acceptors (Lipinski definition) is 2. The molecule has 5 nitrogen and oxygen atoms in total. The SMILES string of the molecule is O=C(Nc1ccc(C(F)(F)F)cc1)NC1CCN(C(=O)C(F)C(F)F)CC1. The number of anilines is 1. The molecule has 0 bridgehead atoms. The van der Waals surface area contributed by atoms with E-state index >= 15 is 0 Å². The Labute approximate surface area is 150 Å². The van der Waals surface area contributed by atoms with Crippen molar-refractivity contribution in [3.63, 3.8) is 0 Å². The van der Waals surface area contributed by atoms with Crippen LogP contribution in [0.3, 0.4) is 0 Å². The Bertz CT molecular complexity index is 657. The third-order valence-corrected chi connectivity index (χ3v) is 4.07. The lowest BCUT2D eigenvalue weighted by Gasteiger charge is -2.33. The van der Waals surface area contributed by atoms with E-state index in [1.54, 1.807) is 0 Å². The van der Waals surface area contributed by atoms with E-state index in [0.29, 0.717) is 0 Å². The molecule has 1 atom stereocenters. The average Bonchev–Trinajstić information content (AvgIpc) is 2.60. The van der Waals surface area contributed by atoms with Gasteiger partial charge in [-0.3, -0.25) is 4.79 Å². The van der Waals surface area contributed by atoms with Gasteiger partial charge in [0.05, 0.1) is 5.56 Å². The fraction of sp³-hybridized carbons (Fsp3) is 0.500. The highest BCUT2D eigenvalue weighted by Gasteiger charge is 2.34. The number of urea groups is 1. The molecule has 0 aliphatic carbocycles. The van der Waals surface area contributed by atoms with Crippen LogP contribution in [0.2, 0.25) is 0 Å². The molecule has 1 heterocycles. The van der Waals surface area contributed by atoms with Crippen molar-refractivity contribution in [1.29, 1.82) is 0 Å². The van der Waals surface area contributed by atoms with Gasteiger partial charge in [0.1, 0.15) is 0 Å². The van der Waals surface area contributed by atoms with Crippen molar-refractivity contribution in [2.75, 3.05) is 18.4 Å². The molecule has 1 fully saturated rings. The maximum atomic E-state index is 13.1. The highest BCUT2D eigenvalue weighted by Crippen LogP contribution is 2.29. The van der Waals surface area contributed by atoms with E-state index in [0.717, 1.165) is 29.2 Å². The van der Waals surface area contributed by atoms with Crippen LogP contribution in [0.25, 0.3) is 0 Å². The van der Waals surface area contributed by atoms with Crippen molar-refractivity contribution in [1.82, 2.24) is 10.2 Å². The molecule has 1 aromatic carbocycles. The number of rotatable bonds is 4. The molecular weight excluding hydrogens is 380 g/mol. The van der Waals surface area contributed by atoms with Gasteiger partial charge in [0.2, 0.25) is 6.17 Å². The van der Waals surface area contributed by atoms with E-state index in [1.807, 2.05) is 0 Å². The molecule has 11 heteroatoms. The Hall–Kier alpha value is -2.46. The summed E-state index contributed by atoms with van der Waals surface area (Å²) in [7, 11) is 0. The number of piperidine rings is 1. The molecule has 150 valence electrons. The summed E-state index contributed by atoms with van der Waals surface area (Å²) in [5.74, 6) is -1.28. The number of nitrogens with zero attached hydrogens (tertiary/aromatic N) is 1. The molecule has 0 aromatic heterocycles. The Kier molecular flexibility index (Phi) is 6.55. The highest BCUT2D eigenvalue weighted by molar-refractivity contribution is 5.89. The molecule has 1 aromatic rings. The van der Waals surface area contributed by atoms with Gasteiger partial charge < -0.3 is 15.5 Å². The predicted molar refractivity (Wildman–Crippen MR) is 84.1 cm³/mol. The fourth-order valence-corrected chi connectivity index (χ4v) is 2.62. The van der Waals surface area contributed by atoms with Gasteiger partial charge >= 0.3 is 12.2 Å². The van der Waals surface area contributed by atoms with Gasteiger partial charge in [-0.25, -0.2) is 18.0 Å². The van der Waals surface area contributed by atoms with Gasteiger partial charge in [-0.2, -0.15) is 13.2 Å². The summed E-state index contributed by atoms with van der Waals surface area (Å²) in [5.41, 5.74) is -0.689. The maximum absolute atomic E-state index is 13.1. The Morgan fingerprint density at radius 1 is 1.04 bits per heavy atom. The standard InChI is InChI=1S/C16H17F6N3O2/c17-12(13(18)19)14(26)25-7-5-11(6-8-25)24-15(27)23-10-3-1-9(2-4-10)16(20,21)22/h1-4,11-13H,5-8H2,(H2,23,24,27). The topological polar surface area (TPSA) is 61.4 Å². The van der Waals surface area contributed by atoms with Crippen molar-refractivity contribution in [3.05, 3.63) is 29.8 Å². The van der Waals surface area contributed by atoms with Crippen LogP contribution in [-0.2, 0) is 11.0 Å². The van der Waals surface area contributed by atoms with Crippen LogP contribution >= 0.6 is 0 Å². The third-order valence-electron chi connectivity index (χ3n) is 4.07. The van der Waals surface area contributed by atoms with Gasteiger partial charge in [-0.15, -0.1) is 0 Å². The Morgan fingerprint density at radius 2 is 1.59 bits per heavy atom. The van der Waals surface area contributed by atoms with Gasteiger partial charge in [-0.1, -0.05) is 0 Å². The van der Waals surface area contributed by atoms with Crippen LogP contribution in [0.5, 0.6) is 0 Å². The third kappa shape index (κ3) is 5.76. The Morgan fingerprint density at radius 3 is 2.07 bits per heavy atom. The minimum atomic E-state index is -4.48. The van der Waals surface area contributed by atoms with E-state index in [1.165, 1.54) is 0 Å². The molecule has 0 saturated carbocycles. The van der Waals surface area contributed by atoms with Crippen LogP contribution in [0.1, 0.15) is 18.4 Å². The second-order valence-electron chi connectivity index (χ2n) is 6.01. The van der Waals surface area contributed by atoms with E-state index in [2.05, 4.69) is 10.6 Å². The second-order valence-corrected chi connectivity index (χ2v) is 6.01. The van der Waals surface area contributed by atoms with Crippen LogP contribution < -0.4 is 10.6 Å². The largest absolute Gasteiger partial charge is 0.416 e. The number of carbonyl (C=O) groups excluding carboxylic acids is 2. The number of alkyl halides is 6. The van der Waals surface area contributed by atoms with Crippen molar-refractivity contribution >= 4 is 17.6 Å². The number of benzene rings is 1. The Balaban J connectivity index is 1.80. The molecular formula is C16H17F6N3O2. The van der Waals surface area contributed by atoms with Crippen molar-refractivity contribution in [3.8, 4) is 0 Å². The molecule has 2 rings (SSSR count). The monoisotopic (exact) mass is 397 g/mol. The van der Waals surface area contributed by atoms with Crippen molar-refractivity contribution in [2.45, 2.75) is 37.7 Å². The zero-order valence-corrected chi connectivity index (χ0v) is 13.9. The molecule has 1 aliphatic rings. The summed E-state index contributed by atoms with van der Waals surface area (Å²) in [6, 6.07) is 2.83. The number of likely N-dealkylation sites (tertiary alicyclic amines) is 1. The molecule has 1 saturated heterocycles. The van der Waals surface area contributed by atoms with Gasteiger partial charge in [0.15, 0.2) is 0 Å². The second kappa shape index (κ2) is 8.49. The maximum Gasteiger partial charge on any atom is 0.416 e. The number of carbonyl (C=O) groups is 2. The molecule has 27 heavy (non-hydrogen) atoms. The molecule has 2 N–H and O–H groups in total. The summed E-state index contributed by atoms with van der Waals surface area (Å²) < 4.78 is 75.0. The summed E-state index contributed by atoms with van der Waals surface area (Å²) in [5, 5.41) is 4.95. The first kappa shape index (κ1) is 20.8. The van der Waals surface area contributed by atoms with E-state index < -0.39 is 36.3 Å². The molecule has 3 amide bonds. The summed E-state index contributed by atoms with van der Waals surface area (Å²) in [6.07, 6.45) is -10.3. The first-order valence-corrected chi connectivity index (χ1v) is 8.03. The van der Waals surface area contributed by atoms with E-state index in [9.17, 15) is 35.9 Å². The summed E-state index contributed by atoms with van der Waals surface area (Å²) >= 11 is 0. The van der Waals surface area contributed by atoms with Gasteiger partial charge in [0, 0.05) is 24.8 Å². The van der Waals surface area contributed by atoms with Crippen LogP contribution in [0.15, 0.2) is 24.3 Å². The molecule has 0 spiro atoms. The minimum absolute atomic E-state index is 0.0111. The number of halogens is 6. The van der Waals surface area contributed by atoms with E-state index in [4.69, 9.17) is 0 Å². The van der Waals surface area contributed by atoms with E-state index in [-0.39, 0.29) is 37.7 Å². The van der Waals surface area contributed by atoms with Crippen LogP contribution in [-0.4, -0.2) is 48.6 Å². The zero-order valence-electron chi connectivity index (χ0n) is 13.9. The summed E-state index contributed by atoms with van der Waals surface area (Å²) in [4.78, 5) is 24.4. The first-order chi connectivity index (χ1) is 12.6. The van der Waals surface area contributed by atoms with Gasteiger partial charge in [0.25, 0.3) is 12.3 Å². The quantitative estimate of drug-likeness (QED) is 0.765. The highest BCUT2D eigenvalue weighted by atomic mass is 19.4. The van der Waals surface area contributed by atoms with Crippen molar-refractivity contribution in [2.24, 2.45) is 0 Å². The van der Waals surface area contributed by atoms with Crippen LogP contribution in [0, 0.1) is 0 Å². The molecule has 1 unspecified atom stereocenters. The predicted octanol–water partition coefficient (Wildman–Crippen LogP) is 3.42. The fourth-order valence-electron chi connectivity index (χ4n) is 2.62. The average molecular weight is 397 g/mol. The smallest absolute Gasteiger partial charge is 0.340 e. The number of amides is 3. The van der Waals surface area contributed by atoms with Crippen LogP contribution in [0.4, 0.5) is 36.8 Å². The zero-order chi connectivity index (χ0) is 20.2.